The smallest absolute Gasteiger partial charge is 0.495 e. The van der Waals surface area contributed by atoms with Gasteiger partial charge in [0, 0.05) is 104 Å². The number of hydrogen-bond donors (Lipinski definition) is 1. The quantitative estimate of drug-likeness (QED) is 0.0204. The standard InChI is InChI=1S/C36H27N5O4.C31H24BrN3O2.C22H22O2.C15H9N5O2.C11H15BN2O4.CH4/c1-44-28-12-8-26(9-13-28)36(25-6-4-3-5-7-25,27-10-14-29(45-2)15-11-27)40-33-19-20-37-23-31(33)30-16-17-32(39-35(30)40)24-18-21-38-34(22-24)41(42)43;1-36-24-12-8-22(9-13-24)31(21-6-4-3-5-7-21,23-10-14-25(37-2)15-11-23)35-28-18-19-33-20-27(28)26-16-17-29(32)34-30(26)35;1-22(17-7-5-4-6-8-17,18-9-13-20(23-2)14-10-18)19-11-15-21(24-3)16-12-19;21-20(22)14-7-9(3-6-17-14)12-2-1-10-11-8-16-5-4-13(11)19-15(10)18-12;1-10(2)11(3,4)18-12(17-10)8-5-6-13-9(7-8)14(15)16;/h3-23H,1-2H3;3-20H,1-2H3;4-16H,1-3H3;1-8H,(H,18,19);5-7H,1-4H3;1H4. The molecule has 0 radical (unpaired) electrons. The number of aromatic amines is 1. The molecule has 21 aromatic rings. The number of nitrogens with one attached hydrogen (secondary N) is 1. The minimum Gasteiger partial charge on any atom is -0.497 e. The van der Waals surface area contributed by atoms with Gasteiger partial charge in [-0.25, -0.2) is 15.0 Å². The van der Waals surface area contributed by atoms with Crippen LogP contribution in [-0.4, -0.2) is 135 Å². The van der Waals surface area contributed by atoms with Gasteiger partial charge in [-0.3, -0.25) is 15.0 Å². The van der Waals surface area contributed by atoms with Crippen molar-refractivity contribution in [1.82, 2.24) is 59.0 Å². The van der Waals surface area contributed by atoms with Crippen LogP contribution in [-0.2, 0) is 25.8 Å². The lowest BCUT2D eigenvalue weighted by molar-refractivity contribution is -0.389. The fourth-order valence-electron chi connectivity index (χ4n) is 18.7. The van der Waals surface area contributed by atoms with Gasteiger partial charge in [0.25, 0.3) is 0 Å². The molecule has 147 heavy (non-hydrogen) atoms. The van der Waals surface area contributed by atoms with Crippen molar-refractivity contribution < 1.29 is 52.5 Å². The number of ether oxygens (including phenoxy) is 6. The molecular weight excluding hydrogens is 1920 g/mol. The van der Waals surface area contributed by atoms with Crippen LogP contribution >= 0.6 is 15.9 Å². The molecule has 0 atom stereocenters. The number of hydrogen-bond acceptors (Lipinski definition) is 23. The van der Waals surface area contributed by atoms with Crippen LogP contribution in [0.5, 0.6) is 34.5 Å². The number of nitrogens with zero attached hydrogens (tertiary/aromatic N) is 14. The maximum absolute atomic E-state index is 11.6. The lowest BCUT2D eigenvalue weighted by Gasteiger charge is -2.39. The molecule has 13 heterocycles. The molecule has 0 aliphatic carbocycles. The highest BCUT2D eigenvalue weighted by molar-refractivity contribution is 9.10. The molecule has 0 unspecified atom stereocenters. The predicted octanol–water partition coefficient (Wildman–Crippen LogP) is 24.7. The van der Waals surface area contributed by atoms with Crippen molar-refractivity contribution in [2.75, 3.05) is 42.7 Å². The lowest BCUT2D eigenvalue weighted by atomic mass is 9.71. The molecule has 0 saturated carbocycles. The summed E-state index contributed by atoms with van der Waals surface area (Å²) in [5, 5.41) is 38.9. The highest BCUT2D eigenvalue weighted by Gasteiger charge is 2.52. The van der Waals surface area contributed by atoms with Crippen molar-refractivity contribution >= 4 is 112 Å². The normalized spacial score (nSPS) is 12.5. The van der Waals surface area contributed by atoms with Crippen molar-refractivity contribution in [1.29, 1.82) is 0 Å². The van der Waals surface area contributed by atoms with Gasteiger partial charge in [0.15, 0.2) is 0 Å². The molecular formula is C116H101BBrN15O14. The third kappa shape index (κ3) is 19.8. The average Bonchev–Trinajstić information content (AvgIpc) is 1.55. The molecule has 0 bridgehead atoms. The van der Waals surface area contributed by atoms with E-state index in [2.05, 4.69) is 217 Å². The molecule has 0 amide bonds. The number of fused-ring (bicyclic) bond motifs is 9. The van der Waals surface area contributed by atoms with E-state index in [9.17, 15) is 30.3 Å². The molecule has 1 fully saturated rings. The third-order valence-corrected chi connectivity index (χ3v) is 27.2. The SMILES string of the molecule is C.CC1(C)OB(c2ccnc([N+](=O)[O-])c2)OC1(C)C.COc1ccc(C(C)(c2ccccc2)c2ccc(OC)cc2)cc1.COc1ccc(C(c2ccccc2)(c2ccc(OC)cc2)n2c3ccncc3c3ccc(-c4ccnc([N+](=O)[O-])c4)nc32)cc1.COc1ccc(C(c2ccccc2)(c2ccc(OC)cc2)n2c3ccncc3c3ccc(Br)nc32)cc1.O=[N+]([O-])c1cc(-c2ccc3c(n2)[nH]c2ccncc23)ccn1. The van der Waals surface area contributed by atoms with Gasteiger partial charge in [0.2, 0.25) is 0 Å². The van der Waals surface area contributed by atoms with Gasteiger partial charge >= 0.3 is 24.6 Å². The molecule has 22 rings (SSSR count). The fourth-order valence-corrected chi connectivity index (χ4v) is 19.0. The number of aromatic nitrogens is 12. The van der Waals surface area contributed by atoms with Crippen molar-refractivity contribution in [3.63, 3.8) is 0 Å². The summed E-state index contributed by atoms with van der Waals surface area (Å²) in [6.45, 7) is 9.99. The van der Waals surface area contributed by atoms with Crippen molar-refractivity contribution in [2.24, 2.45) is 0 Å². The first-order valence-corrected chi connectivity index (χ1v) is 47.2. The van der Waals surface area contributed by atoms with E-state index >= 15 is 0 Å². The zero-order valence-corrected chi connectivity index (χ0v) is 82.9. The first-order chi connectivity index (χ1) is 70.8. The maximum atomic E-state index is 11.6. The van der Waals surface area contributed by atoms with Gasteiger partial charge < -0.3 is 82.2 Å². The van der Waals surface area contributed by atoms with Gasteiger partial charge in [-0.05, 0) is 281 Å². The molecule has 1 saturated heterocycles. The monoisotopic (exact) mass is 2020 g/mol. The number of pyridine rings is 9. The molecule has 734 valence electrons. The van der Waals surface area contributed by atoms with Crippen LogP contribution in [0.25, 0.3) is 88.3 Å². The Morgan fingerprint density at radius 3 is 1.05 bits per heavy atom. The Balaban J connectivity index is 0.000000130. The molecule has 12 aromatic heterocycles. The van der Waals surface area contributed by atoms with Gasteiger partial charge in [0.1, 0.15) is 85.7 Å². The van der Waals surface area contributed by atoms with Crippen molar-refractivity contribution in [3.8, 4) is 57.0 Å². The van der Waals surface area contributed by atoms with E-state index in [0.717, 1.165) is 133 Å². The van der Waals surface area contributed by atoms with E-state index in [0.29, 0.717) is 33.6 Å². The van der Waals surface area contributed by atoms with Crippen molar-refractivity contribution in [3.05, 3.63) is 468 Å². The summed E-state index contributed by atoms with van der Waals surface area (Å²) in [4.78, 5) is 73.9. The van der Waals surface area contributed by atoms with E-state index < -0.39 is 44.2 Å². The van der Waals surface area contributed by atoms with E-state index in [1.165, 1.54) is 53.5 Å². The van der Waals surface area contributed by atoms with E-state index in [4.69, 9.17) is 47.7 Å². The Hall–Kier alpha value is -17.8. The Morgan fingerprint density at radius 1 is 0.347 bits per heavy atom. The summed E-state index contributed by atoms with van der Waals surface area (Å²) in [5.41, 5.74) is 15.3. The first-order valence-electron chi connectivity index (χ1n) is 46.4. The van der Waals surface area contributed by atoms with Crippen molar-refractivity contribution in [2.45, 2.75) is 69.7 Å². The third-order valence-electron chi connectivity index (χ3n) is 26.8. The fraction of sp³-hybridized carbons (Fsp3) is 0.147. The van der Waals surface area contributed by atoms with E-state index in [1.54, 1.807) is 79.4 Å². The topological polar surface area (TPSA) is 345 Å². The summed E-state index contributed by atoms with van der Waals surface area (Å²) in [6.07, 6.45) is 15.1. The van der Waals surface area contributed by atoms with Crippen LogP contribution in [0.1, 0.15) is 92.1 Å². The number of nitro groups is 3. The number of benzene rings is 9. The summed E-state index contributed by atoms with van der Waals surface area (Å²) in [5.74, 6) is 4.16. The van der Waals surface area contributed by atoms with E-state index in [1.807, 2.05) is 192 Å². The molecule has 9 aromatic carbocycles. The Labute approximate surface area is 855 Å². The molecule has 0 spiro atoms. The lowest BCUT2D eigenvalue weighted by Crippen LogP contribution is -2.41. The number of halogens is 1. The first kappa shape index (κ1) is 101. The summed E-state index contributed by atoms with van der Waals surface area (Å²) in [6, 6.07) is 108. The van der Waals surface area contributed by atoms with Gasteiger partial charge in [-0.15, -0.1) is 0 Å². The van der Waals surface area contributed by atoms with Crippen LogP contribution in [0.4, 0.5) is 17.5 Å². The minimum atomic E-state index is -0.934. The molecule has 1 aliphatic rings. The van der Waals surface area contributed by atoms with Gasteiger partial charge in [-0.1, -0.05) is 171 Å². The number of methoxy groups -OCH3 is 6. The predicted molar refractivity (Wildman–Crippen MR) is 576 cm³/mol. The second kappa shape index (κ2) is 43.2. The molecule has 29 nitrogen and oxygen atoms in total. The minimum absolute atomic E-state index is 0. The van der Waals surface area contributed by atoms with Crippen LogP contribution in [0.3, 0.4) is 0 Å². The van der Waals surface area contributed by atoms with Crippen LogP contribution < -0.4 is 33.9 Å². The maximum Gasteiger partial charge on any atom is 0.495 e. The van der Waals surface area contributed by atoms with Gasteiger partial charge in [-0.2, -0.15) is 0 Å². The zero-order valence-electron chi connectivity index (χ0n) is 81.3. The molecule has 31 heteroatoms. The van der Waals surface area contributed by atoms with Crippen LogP contribution in [0.15, 0.2) is 388 Å². The molecule has 1 aliphatic heterocycles. The Kier molecular flexibility index (Phi) is 29.6. The summed E-state index contributed by atoms with van der Waals surface area (Å²) >= 11 is 3.62. The second-order valence-electron chi connectivity index (χ2n) is 35.3. The Morgan fingerprint density at radius 2 is 0.667 bits per heavy atom. The highest BCUT2D eigenvalue weighted by atomic mass is 79.9. The summed E-state index contributed by atoms with van der Waals surface area (Å²) in [7, 11) is 9.45. The highest BCUT2D eigenvalue weighted by Crippen LogP contribution is 2.51. The van der Waals surface area contributed by atoms with Crippen LogP contribution in [0, 0.1) is 30.3 Å². The summed E-state index contributed by atoms with van der Waals surface area (Å²) < 4.78 is 49.7. The second-order valence-corrected chi connectivity index (χ2v) is 36.1. The largest absolute Gasteiger partial charge is 0.497 e. The Bertz CT molecular complexity index is 8130. The average molecular weight is 2020 g/mol. The van der Waals surface area contributed by atoms with Crippen LogP contribution in [0.2, 0.25) is 0 Å². The van der Waals surface area contributed by atoms with E-state index in [-0.39, 0.29) is 30.3 Å². The molecule has 1 N–H and O–H groups in total. The van der Waals surface area contributed by atoms with Gasteiger partial charge in [0.05, 0.1) is 81.8 Å². The zero-order chi connectivity index (χ0) is 102. The number of rotatable bonds is 23. The number of H-pyrrole nitrogens is 1.